The summed E-state index contributed by atoms with van der Waals surface area (Å²) >= 11 is 0. The number of nitrogens with zero attached hydrogens (tertiary/aromatic N) is 4. The second kappa shape index (κ2) is 12.3. The average molecular weight is 615 g/mol. The number of carbonyl (C=O) groups excluding carboxylic acids is 1. The summed E-state index contributed by atoms with van der Waals surface area (Å²) in [7, 11) is -2.93. The highest BCUT2D eigenvalue weighted by molar-refractivity contribution is 7.90. The molecule has 2 fully saturated rings. The quantitative estimate of drug-likeness (QED) is 0.309. The van der Waals surface area contributed by atoms with E-state index in [9.17, 15) is 23.3 Å². The van der Waals surface area contributed by atoms with Gasteiger partial charge in [-0.1, -0.05) is 30.3 Å². The van der Waals surface area contributed by atoms with Crippen molar-refractivity contribution in [1.82, 2.24) is 24.1 Å². The van der Waals surface area contributed by atoms with Crippen molar-refractivity contribution in [3.63, 3.8) is 0 Å². The zero-order valence-electron chi connectivity index (χ0n) is 24.3. The van der Waals surface area contributed by atoms with E-state index < -0.39 is 21.8 Å². The third kappa shape index (κ3) is 5.50. The average Bonchev–Trinajstić information content (AvgIpc) is 3.64. The maximum absolute atomic E-state index is 14.4. The molecule has 3 aromatic carbocycles. The number of carbonyl (C=O) groups is 1. The Bertz CT molecular complexity index is 1870. The molecule has 1 amide bonds. The number of rotatable bonds is 8. The standard InChI is InChI=1S/C32H34N6O5S/c1-43-26-8-10-27(11-9-26)44(41,42)38-28-12-7-22(20-33)19-29(28)37(32(38)40)30(23-5-3-2-4-6-23)31(39)36-18-15-25(21-36)35-24-13-16-34-17-14-24/h2-12,19,24-25,30,34-35H,13-18,21H2,1H3/t25-,30?/m1/s1. The molecule has 1 unspecified atom stereocenters. The lowest BCUT2D eigenvalue weighted by atomic mass is 10.0. The summed E-state index contributed by atoms with van der Waals surface area (Å²) in [4.78, 5) is 30.4. The van der Waals surface area contributed by atoms with Crippen molar-refractivity contribution in [2.24, 2.45) is 0 Å². The van der Waals surface area contributed by atoms with Crippen LogP contribution in [-0.2, 0) is 14.8 Å². The molecule has 12 heteroatoms. The summed E-state index contributed by atoms with van der Waals surface area (Å²) < 4.78 is 35.1. The Morgan fingerprint density at radius 1 is 1.00 bits per heavy atom. The number of hydrogen-bond donors (Lipinski definition) is 2. The van der Waals surface area contributed by atoms with Crippen molar-refractivity contribution >= 4 is 27.0 Å². The molecule has 0 saturated carbocycles. The van der Waals surface area contributed by atoms with Crippen LogP contribution in [0.1, 0.15) is 36.4 Å². The van der Waals surface area contributed by atoms with E-state index in [1.807, 2.05) is 6.07 Å². The van der Waals surface area contributed by atoms with Gasteiger partial charge in [0.05, 0.1) is 34.7 Å². The monoisotopic (exact) mass is 614 g/mol. The zero-order chi connectivity index (χ0) is 30.8. The highest BCUT2D eigenvalue weighted by atomic mass is 32.2. The van der Waals surface area contributed by atoms with Crippen molar-refractivity contribution < 1.29 is 17.9 Å². The van der Waals surface area contributed by atoms with Crippen LogP contribution < -0.4 is 21.1 Å². The van der Waals surface area contributed by atoms with Crippen molar-refractivity contribution in [2.75, 3.05) is 33.3 Å². The van der Waals surface area contributed by atoms with Crippen LogP contribution in [0.4, 0.5) is 0 Å². The molecule has 2 saturated heterocycles. The fourth-order valence-corrected chi connectivity index (χ4v) is 7.62. The minimum absolute atomic E-state index is 0.0745. The number of nitriles is 1. The molecular formula is C32H34N6O5S. The van der Waals surface area contributed by atoms with Crippen LogP contribution in [-0.4, -0.2) is 73.1 Å². The molecule has 2 atom stereocenters. The van der Waals surface area contributed by atoms with E-state index in [1.54, 1.807) is 29.2 Å². The molecule has 3 heterocycles. The van der Waals surface area contributed by atoms with Crippen molar-refractivity contribution in [2.45, 2.75) is 42.3 Å². The number of imidazole rings is 1. The summed E-state index contributed by atoms with van der Waals surface area (Å²) in [6, 6.07) is 20.4. The van der Waals surface area contributed by atoms with Crippen molar-refractivity contribution in [3.05, 3.63) is 94.4 Å². The largest absolute Gasteiger partial charge is 0.497 e. The van der Waals surface area contributed by atoms with Gasteiger partial charge < -0.3 is 20.3 Å². The molecular weight excluding hydrogens is 580 g/mol. The third-order valence-corrected chi connectivity index (χ3v) is 10.2. The minimum atomic E-state index is -4.40. The summed E-state index contributed by atoms with van der Waals surface area (Å²) in [5, 5.41) is 16.8. The smallest absolute Gasteiger partial charge is 0.344 e. The Morgan fingerprint density at radius 3 is 2.41 bits per heavy atom. The highest BCUT2D eigenvalue weighted by Crippen LogP contribution is 2.29. The lowest BCUT2D eigenvalue weighted by Gasteiger charge is -2.28. The molecule has 0 radical (unpaired) electrons. The molecule has 0 spiro atoms. The van der Waals surface area contributed by atoms with Crippen molar-refractivity contribution in [1.29, 1.82) is 5.26 Å². The van der Waals surface area contributed by atoms with Gasteiger partial charge in [-0.3, -0.25) is 9.36 Å². The van der Waals surface area contributed by atoms with Gasteiger partial charge in [-0.15, -0.1) is 0 Å². The molecule has 1 aromatic heterocycles. The number of ether oxygens (including phenoxy) is 1. The topological polar surface area (TPSA) is 138 Å². The first-order chi connectivity index (χ1) is 21.3. The summed E-state index contributed by atoms with van der Waals surface area (Å²) in [5.41, 5.74) is 0.133. The fourth-order valence-electron chi connectivity index (χ4n) is 6.23. The summed E-state index contributed by atoms with van der Waals surface area (Å²) in [5.74, 6) is 0.154. The molecule has 6 rings (SSSR count). The number of aromatic nitrogens is 2. The van der Waals surface area contributed by atoms with Gasteiger partial charge >= 0.3 is 5.69 Å². The number of hydrogen-bond acceptors (Lipinski definition) is 8. The Kier molecular flexibility index (Phi) is 8.27. The number of fused-ring (bicyclic) bond motifs is 1. The van der Waals surface area contributed by atoms with E-state index in [4.69, 9.17) is 4.74 Å². The van der Waals surface area contributed by atoms with Crippen LogP contribution >= 0.6 is 0 Å². The normalized spacial score (nSPS) is 18.3. The summed E-state index contributed by atoms with van der Waals surface area (Å²) in [6.07, 6.45) is 2.82. The van der Waals surface area contributed by atoms with Gasteiger partial charge in [0.15, 0.2) is 0 Å². The number of benzene rings is 3. The van der Waals surface area contributed by atoms with E-state index in [-0.39, 0.29) is 33.4 Å². The molecule has 2 aliphatic heterocycles. The Hall–Kier alpha value is -4.44. The maximum Gasteiger partial charge on any atom is 0.344 e. The van der Waals surface area contributed by atoms with Gasteiger partial charge in [0.1, 0.15) is 11.8 Å². The van der Waals surface area contributed by atoms with Crippen LogP contribution in [0.5, 0.6) is 5.75 Å². The van der Waals surface area contributed by atoms with Crippen LogP contribution in [0, 0.1) is 11.3 Å². The highest BCUT2D eigenvalue weighted by Gasteiger charge is 2.37. The summed E-state index contributed by atoms with van der Waals surface area (Å²) in [6.45, 7) is 2.90. The molecule has 44 heavy (non-hydrogen) atoms. The SMILES string of the molecule is COc1ccc(S(=O)(=O)n2c(=O)n(C(C(=O)N3CC[C@@H](NC4CCNCC4)C3)c3ccccc3)c3cc(C#N)ccc32)cc1. The Balaban J connectivity index is 1.46. The number of nitrogens with one attached hydrogen (secondary N) is 2. The van der Waals surface area contributed by atoms with Gasteiger partial charge in [-0.25, -0.2) is 13.2 Å². The molecule has 11 nitrogen and oxygen atoms in total. The molecule has 0 aliphatic carbocycles. The van der Waals surface area contributed by atoms with Crippen LogP contribution in [0.2, 0.25) is 0 Å². The molecule has 2 N–H and O–H groups in total. The Labute approximate surface area is 255 Å². The van der Waals surface area contributed by atoms with Gasteiger partial charge in [0.2, 0.25) is 0 Å². The lowest BCUT2D eigenvalue weighted by Crippen LogP contribution is -2.46. The lowest BCUT2D eigenvalue weighted by molar-refractivity contribution is -0.132. The number of piperidine rings is 1. The Morgan fingerprint density at radius 2 is 1.73 bits per heavy atom. The fraction of sp³-hybridized carbons (Fsp3) is 0.344. The van der Waals surface area contributed by atoms with Crippen LogP contribution in [0.15, 0.2) is 82.5 Å². The number of likely N-dealkylation sites (tertiary alicyclic amines) is 1. The molecule has 0 bridgehead atoms. The second-order valence-corrected chi connectivity index (χ2v) is 13.0. The first-order valence-electron chi connectivity index (χ1n) is 14.7. The number of amides is 1. The second-order valence-electron chi connectivity index (χ2n) is 11.2. The zero-order valence-corrected chi connectivity index (χ0v) is 25.2. The van der Waals surface area contributed by atoms with E-state index in [0.29, 0.717) is 30.4 Å². The molecule has 4 aromatic rings. The predicted octanol–water partition coefficient (Wildman–Crippen LogP) is 2.45. The van der Waals surface area contributed by atoms with Crippen LogP contribution in [0.3, 0.4) is 0 Å². The van der Waals surface area contributed by atoms with Gasteiger partial charge in [0.25, 0.3) is 15.9 Å². The van der Waals surface area contributed by atoms with E-state index in [0.717, 1.165) is 36.3 Å². The van der Waals surface area contributed by atoms with Gasteiger partial charge in [-0.05, 0) is 80.4 Å². The van der Waals surface area contributed by atoms with Gasteiger partial charge in [-0.2, -0.15) is 9.23 Å². The molecule has 228 valence electrons. The van der Waals surface area contributed by atoms with E-state index >= 15 is 0 Å². The first kappa shape index (κ1) is 29.6. The number of methoxy groups -OCH3 is 1. The van der Waals surface area contributed by atoms with Crippen LogP contribution in [0.25, 0.3) is 11.0 Å². The predicted molar refractivity (Wildman–Crippen MR) is 165 cm³/mol. The maximum atomic E-state index is 14.4. The first-order valence-corrected chi connectivity index (χ1v) is 16.1. The van der Waals surface area contributed by atoms with E-state index in [2.05, 4.69) is 16.7 Å². The molecule has 2 aliphatic rings. The third-order valence-electron chi connectivity index (χ3n) is 8.48. The minimum Gasteiger partial charge on any atom is -0.497 e. The van der Waals surface area contributed by atoms with Gasteiger partial charge in [0, 0.05) is 25.2 Å². The van der Waals surface area contributed by atoms with E-state index in [1.165, 1.54) is 54.1 Å². The van der Waals surface area contributed by atoms with Crippen molar-refractivity contribution in [3.8, 4) is 11.8 Å².